The number of aromatic nitrogens is 2. The van der Waals surface area contributed by atoms with Gasteiger partial charge >= 0.3 is 5.97 Å². The number of nitrogens with one attached hydrogen (secondary N) is 1. The molecule has 1 aliphatic heterocycles. The zero-order valence-electron chi connectivity index (χ0n) is 15.8. The highest BCUT2D eigenvalue weighted by Crippen LogP contribution is 2.20. The molecule has 0 spiro atoms. The minimum absolute atomic E-state index is 0.107. The van der Waals surface area contributed by atoms with Gasteiger partial charge in [0.05, 0.1) is 19.1 Å². The third-order valence-electron chi connectivity index (χ3n) is 4.07. The zero-order valence-corrected chi connectivity index (χ0v) is 15.8. The van der Waals surface area contributed by atoms with Crippen LogP contribution < -0.4 is 5.32 Å². The predicted octanol–water partition coefficient (Wildman–Crippen LogP) is 1.72. The topological polar surface area (TPSA) is 92.8 Å². The van der Waals surface area contributed by atoms with Crippen LogP contribution in [-0.2, 0) is 21.5 Å². The van der Waals surface area contributed by atoms with Gasteiger partial charge in [0.25, 0.3) is 0 Å². The summed E-state index contributed by atoms with van der Waals surface area (Å²) in [5.41, 5.74) is -0.174. The van der Waals surface area contributed by atoms with E-state index < -0.39 is 0 Å². The Morgan fingerprint density at radius 2 is 2.24 bits per heavy atom. The lowest BCUT2D eigenvalue weighted by molar-refractivity contribution is -0.149. The van der Waals surface area contributed by atoms with Crippen LogP contribution in [0.5, 0.6) is 0 Å². The molecule has 25 heavy (non-hydrogen) atoms. The van der Waals surface area contributed by atoms with Crippen LogP contribution >= 0.6 is 0 Å². The van der Waals surface area contributed by atoms with E-state index in [2.05, 4.69) is 25.3 Å². The quantitative estimate of drug-likeness (QED) is 0.501. The van der Waals surface area contributed by atoms with Gasteiger partial charge in [0.2, 0.25) is 5.89 Å². The average Bonchev–Trinajstić information content (AvgIpc) is 3.05. The molecule has 0 saturated carbocycles. The van der Waals surface area contributed by atoms with Gasteiger partial charge in [-0.1, -0.05) is 25.9 Å². The predicted molar refractivity (Wildman–Crippen MR) is 94.1 cm³/mol. The van der Waals surface area contributed by atoms with Crippen LogP contribution in [0.1, 0.15) is 52.3 Å². The van der Waals surface area contributed by atoms with Crippen LogP contribution in [0.15, 0.2) is 9.52 Å². The normalized spacial score (nSPS) is 19.0. The number of hydrogen-bond acceptors (Lipinski definition) is 6. The third-order valence-corrected chi connectivity index (χ3v) is 4.07. The van der Waals surface area contributed by atoms with Crippen LogP contribution in [0.3, 0.4) is 0 Å². The molecule has 1 fully saturated rings. The fourth-order valence-electron chi connectivity index (χ4n) is 2.74. The monoisotopic (exact) mass is 351 g/mol. The summed E-state index contributed by atoms with van der Waals surface area (Å²) in [6, 6.07) is 0. The lowest BCUT2D eigenvalue weighted by Gasteiger charge is -2.33. The molecule has 1 aromatic rings. The fraction of sp³-hybridized carbons (Fsp3) is 0.765. The van der Waals surface area contributed by atoms with Crippen molar-refractivity contribution in [1.29, 1.82) is 0 Å². The van der Waals surface area contributed by atoms with Crippen LogP contribution in [0.4, 0.5) is 0 Å². The third kappa shape index (κ3) is 5.17. The van der Waals surface area contributed by atoms with E-state index >= 15 is 0 Å². The SMILES string of the molecule is CCOC(=O)C1CCCN(C(=NC)NCc2noc(C(C)(C)C)n2)C1. The summed E-state index contributed by atoms with van der Waals surface area (Å²) in [6.45, 7) is 10.2. The van der Waals surface area contributed by atoms with Gasteiger partial charge < -0.3 is 19.5 Å². The van der Waals surface area contributed by atoms with E-state index in [-0.39, 0.29) is 17.3 Å². The molecule has 0 amide bonds. The Labute approximate surface area is 149 Å². The van der Waals surface area contributed by atoms with Crippen LogP contribution in [-0.4, -0.2) is 53.7 Å². The Bertz CT molecular complexity index is 606. The molecule has 0 bridgehead atoms. The molecule has 2 rings (SSSR count). The number of aliphatic imine (C=N–C) groups is 1. The van der Waals surface area contributed by atoms with Crippen molar-refractivity contribution in [2.45, 2.75) is 52.5 Å². The molecule has 8 nitrogen and oxygen atoms in total. The van der Waals surface area contributed by atoms with E-state index in [1.165, 1.54) is 0 Å². The lowest BCUT2D eigenvalue weighted by Crippen LogP contribution is -2.48. The highest BCUT2D eigenvalue weighted by atomic mass is 16.5. The summed E-state index contributed by atoms with van der Waals surface area (Å²) in [5, 5.41) is 7.26. The summed E-state index contributed by atoms with van der Waals surface area (Å²) in [7, 11) is 1.73. The summed E-state index contributed by atoms with van der Waals surface area (Å²) in [4.78, 5) is 22.8. The molecule has 1 aromatic heterocycles. The summed E-state index contributed by atoms with van der Waals surface area (Å²) >= 11 is 0. The van der Waals surface area contributed by atoms with Crippen LogP contribution in [0.25, 0.3) is 0 Å². The summed E-state index contributed by atoms with van der Waals surface area (Å²) < 4.78 is 10.4. The van der Waals surface area contributed by atoms with Crippen molar-refractivity contribution in [2.24, 2.45) is 10.9 Å². The number of guanidine groups is 1. The highest BCUT2D eigenvalue weighted by Gasteiger charge is 2.28. The van der Waals surface area contributed by atoms with E-state index in [9.17, 15) is 4.79 Å². The number of likely N-dealkylation sites (tertiary alicyclic amines) is 1. The first-order chi connectivity index (χ1) is 11.8. The Morgan fingerprint density at radius 1 is 1.48 bits per heavy atom. The number of rotatable bonds is 4. The molecular formula is C17H29N5O3. The van der Waals surface area contributed by atoms with E-state index in [0.29, 0.717) is 31.4 Å². The number of hydrogen-bond donors (Lipinski definition) is 1. The first-order valence-corrected chi connectivity index (χ1v) is 8.80. The number of piperidine rings is 1. The Morgan fingerprint density at radius 3 is 2.84 bits per heavy atom. The summed E-state index contributed by atoms with van der Waals surface area (Å²) in [5.74, 6) is 1.70. The minimum Gasteiger partial charge on any atom is -0.466 e. The van der Waals surface area contributed by atoms with Crippen molar-refractivity contribution in [3.63, 3.8) is 0 Å². The highest BCUT2D eigenvalue weighted by molar-refractivity contribution is 5.81. The standard InChI is InChI=1S/C17H29N5O3/c1-6-24-14(23)12-8-7-9-22(11-12)16(18-5)19-10-13-20-15(25-21-13)17(2,3)4/h12H,6-11H2,1-5H3,(H,18,19). The second-order valence-corrected chi connectivity index (χ2v) is 7.20. The molecule has 0 aromatic carbocycles. The van der Waals surface area contributed by atoms with E-state index in [1.54, 1.807) is 7.05 Å². The average molecular weight is 351 g/mol. The zero-order chi connectivity index (χ0) is 18.4. The molecular weight excluding hydrogens is 322 g/mol. The van der Waals surface area contributed by atoms with E-state index in [0.717, 1.165) is 25.3 Å². The molecule has 1 unspecified atom stereocenters. The number of ether oxygens (including phenoxy) is 1. The molecule has 1 saturated heterocycles. The largest absolute Gasteiger partial charge is 0.466 e. The van der Waals surface area contributed by atoms with E-state index in [4.69, 9.17) is 9.26 Å². The van der Waals surface area contributed by atoms with Gasteiger partial charge in [-0.3, -0.25) is 9.79 Å². The first-order valence-electron chi connectivity index (χ1n) is 8.80. The maximum absolute atomic E-state index is 12.0. The molecule has 8 heteroatoms. The van der Waals surface area contributed by atoms with Gasteiger partial charge in [0.15, 0.2) is 11.8 Å². The minimum atomic E-state index is -0.174. The van der Waals surface area contributed by atoms with Crippen molar-refractivity contribution >= 4 is 11.9 Å². The maximum Gasteiger partial charge on any atom is 0.310 e. The second-order valence-electron chi connectivity index (χ2n) is 7.20. The van der Waals surface area contributed by atoms with Gasteiger partial charge in [-0.05, 0) is 19.8 Å². The first kappa shape index (κ1) is 19.2. The fourth-order valence-corrected chi connectivity index (χ4v) is 2.74. The number of nitrogens with zero attached hydrogens (tertiary/aromatic N) is 4. The van der Waals surface area contributed by atoms with Crippen molar-refractivity contribution in [2.75, 3.05) is 26.7 Å². The smallest absolute Gasteiger partial charge is 0.310 e. The van der Waals surface area contributed by atoms with Crippen molar-refractivity contribution < 1.29 is 14.1 Å². The van der Waals surface area contributed by atoms with Gasteiger partial charge in [0.1, 0.15) is 0 Å². The molecule has 1 atom stereocenters. The van der Waals surface area contributed by atoms with Gasteiger partial charge in [-0.2, -0.15) is 4.98 Å². The molecule has 1 aliphatic rings. The Kier molecular flexibility index (Phi) is 6.39. The van der Waals surface area contributed by atoms with Gasteiger partial charge in [0, 0.05) is 25.6 Å². The van der Waals surface area contributed by atoms with Crippen LogP contribution in [0, 0.1) is 5.92 Å². The van der Waals surface area contributed by atoms with Crippen molar-refractivity contribution in [3.05, 3.63) is 11.7 Å². The Hall–Kier alpha value is -2.12. The Balaban J connectivity index is 1.93. The van der Waals surface area contributed by atoms with Gasteiger partial charge in [-0.15, -0.1) is 0 Å². The molecule has 1 N–H and O–H groups in total. The summed E-state index contributed by atoms with van der Waals surface area (Å²) in [6.07, 6.45) is 1.78. The van der Waals surface area contributed by atoms with Crippen LogP contribution in [0.2, 0.25) is 0 Å². The molecule has 140 valence electrons. The maximum atomic E-state index is 12.0. The lowest BCUT2D eigenvalue weighted by atomic mass is 9.97. The van der Waals surface area contributed by atoms with Gasteiger partial charge in [-0.25, -0.2) is 0 Å². The number of carbonyl (C=O) groups is 1. The number of esters is 1. The molecule has 0 aliphatic carbocycles. The van der Waals surface area contributed by atoms with Crippen molar-refractivity contribution in [1.82, 2.24) is 20.4 Å². The van der Waals surface area contributed by atoms with E-state index in [1.807, 2.05) is 27.7 Å². The van der Waals surface area contributed by atoms with Crippen molar-refractivity contribution in [3.8, 4) is 0 Å². The molecule has 2 heterocycles. The second kappa shape index (κ2) is 8.31. The molecule has 0 radical (unpaired) electrons. The number of carbonyl (C=O) groups excluding carboxylic acids is 1.